The van der Waals surface area contributed by atoms with Gasteiger partial charge in [-0.05, 0) is 26.7 Å². The summed E-state index contributed by atoms with van der Waals surface area (Å²) in [6, 6.07) is 0. The van der Waals surface area contributed by atoms with E-state index in [9.17, 15) is 0 Å². The van der Waals surface area contributed by atoms with Gasteiger partial charge in [-0.2, -0.15) is 0 Å². The van der Waals surface area contributed by atoms with Gasteiger partial charge < -0.3 is 14.6 Å². The highest BCUT2D eigenvalue weighted by Crippen LogP contribution is 2.29. The molecule has 0 aliphatic carbocycles. The zero-order chi connectivity index (χ0) is 10.6. The van der Waals surface area contributed by atoms with E-state index in [2.05, 4.69) is 19.1 Å². The second kappa shape index (κ2) is 4.91. The van der Waals surface area contributed by atoms with E-state index in [-0.39, 0.29) is 18.8 Å². The van der Waals surface area contributed by atoms with Gasteiger partial charge in [0.1, 0.15) is 6.10 Å². The molecule has 0 bridgehead atoms. The molecule has 0 unspecified atom stereocenters. The number of aliphatic hydroxyl groups is 1. The first-order chi connectivity index (χ1) is 6.59. The summed E-state index contributed by atoms with van der Waals surface area (Å²) in [4.78, 5) is 0. The molecule has 3 heteroatoms. The van der Waals surface area contributed by atoms with Gasteiger partial charge in [0.05, 0.1) is 12.7 Å². The Hall–Kier alpha value is -0.380. The molecule has 2 atom stereocenters. The minimum Gasteiger partial charge on any atom is -0.394 e. The lowest BCUT2D eigenvalue weighted by atomic mass is 10.1. The summed E-state index contributed by atoms with van der Waals surface area (Å²) in [5.74, 6) is -0.557. The van der Waals surface area contributed by atoms with Crippen molar-refractivity contribution in [2.75, 3.05) is 6.61 Å². The van der Waals surface area contributed by atoms with Crippen molar-refractivity contribution in [3.8, 4) is 0 Å². The van der Waals surface area contributed by atoms with Gasteiger partial charge >= 0.3 is 0 Å². The van der Waals surface area contributed by atoms with Crippen LogP contribution in [0.2, 0.25) is 0 Å². The molecular weight excluding hydrogens is 180 g/mol. The van der Waals surface area contributed by atoms with Crippen LogP contribution in [0.5, 0.6) is 0 Å². The highest BCUT2D eigenvalue weighted by Gasteiger charge is 2.39. The third-order valence-corrected chi connectivity index (χ3v) is 2.24. The molecule has 0 spiro atoms. The minimum atomic E-state index is -0.557. The Kier molecular flexibility index (Phi) is 4.11. The van der Waals surface area contributed by atoms with Gasteiger partial charge in [-0.15, -0.1) is 0 Å². The maximum absolute atomic E-state index is 9.10. The van der Waals surface area contributed by atoms with Crippen molar-refractivity contribution in [3.63, 3.8) is 0 Å². The van der Waals surface area contributed by atoms with Crippen LogP contribution < -0.4 is 0 Å². The Balaban J connectivity index is 2.47. The quantitative estimate of drug-likeness (QED) is 0.704. The lowest BCUT2D eigenvalue weighted by molar-refractivity contribution is -0.148. The normalized spacial score (nSPS) is 31.4. The summed E-state index contributed by atoms with van der Waals surface area (Å²) in [7, 11) is 0. The Morgan fingerprint density at radius 2 is 1.86 bits per heavy atom. The second-order valence-electron chi connectivity index (χ2n) is 4.01. The monoisotopic (exact) mass is 200 g/mol. The summed E-state index contributed by atoms with van der Waals surface area (Å²) in [6.45, 7) is 5.86. The number of allylic oxidation sites excluding steroid dienone is 1. The molecule has 3 nitrogen and oxygen atoms in total. The Morgan fingerprint density at radius 3 is 2.43 bits per heavy atom. The van der Waals surface area contributed by atoms with Crippen LogP contribution in [0.15, 0.2) is 12.2 Å². The van der Waals surface area contributed by atoms with Crippen LogP contribution in [0.4, 0.5) is 0 Å². The molecule has 0 aromatic rings. The standard InChI is InChI=1S/C11H20O3/c1-4-5-6-7-9-10(8-12)14-11(2,3)13-9/h5-6,9-10,12H,4,7-8H2,1-3H3/b6-5+/t9-,10+/m0/s1. The highest BCUT2D eigenvalue weighted by molar-refractivity contribution is 4.90. The third-order valence-electron chi connectivity index (χ3n) is 2.24. The fourth-order valence-corrected chi connectivity index (χ4v) is 1.66. The first-order valence-corrected chi connectivity index (χ1v) is 5.20. The lowest BCUT2D eigenvalue weighted by Crippen LogP contribution is -2.25. The summed E-state index contributed by atoms with van der Waals surface area (Å²) >= 11 is 0. The Bertz CT molecular complexity index is 199. The van der Waals surface area contributed by atoms with Gasteiger partial charge in [0, 0.05) is 0 Å². The van der Waals surface area contributed by atoms with Gasteiger partial charge in [-0.3, -0.25) is 0 Å². The number of aliphatic hydroxyl groups excluding tert-OH is 1. The Labute approximate surface area is 85.7 Å². The van der Waals surface area contributed by atoms with Crippen molar-refractivity contribution in [1.82, 2.24) is 0 Å². The number of ether oxygens (including phenoxy) is 2. The molecule has 1 heterocycles. The molecule has 0 aromatic heterocycles. The van der Waals surface area contributed by atoms with E-state index in [4.69, 9.17) is 14.6 Å². The summed E-state index contributed by atoms with van der Waals surface area (Å²) in [5, 5.41) is 9.10. The van der Waals surface area contributed by atoms with Crippen molar-refractivity contribution in [2.24, 2.45) is 0 Å². The lowest BCUT2D eigenvalue weighted by Gasteiger charge is -2.16. The van der Waals surface area contributed by atoms with Gasteiger partial charge in [0.25, 0.3) is 0 Å². The van der Waals surface area contributed by atoms with Crippen molar-refractivity contribution in [2.45, 2.75) is 51.6 Å². The average Bonchev–Trinajstić information content (AvgIpc) is 2.41. The molecule has 0 aromatic carbocycles. The number of rotatable bonds is 4. The van der Waals surface area contributed by atoms with Crippen molar-refractivity contribution in [3.05, 3.63) is 12.2 Å². The van der Waals surface area contributed by atoms with E-state index in [1.54, 1.807) is 0 Å². The number of hydrogen-bond donors (Lipinski definition) is 1. The van der Waals surface area contributed by atoms with Crippen LogP contribution in [0.1, 0.15) is 33.6 Å². The summed E-state index contributed by atoms with van der Waals surface area (Å²) in [5.41, 5.74) is 0. The van der Waals surface area contributed by atoms with Crippen molar-refractivity contribution in [1.29, 1.82) is 0 Å². The first kappa shape index (κ1) is 11.7. The van der Waals surface area contributed by atoms with Gasteiger partial charge in [-0.25, -0.2) is 0 Å². The molecule has 0 amide bonds. The minimum absolute atomic E-state index is 0.0159. The topological polar surface area (TPSA) is 38.7 Å². The van der Waals surface area contributed by atoms with Crippen LogP contribution in [0.3, 0.4) is 0 Å². The van der Waals surface area contributed by atoms with E-state index >= 15 is 0 Å². The summed E-state index contributed by atoms with van der Waals surface area (Å²) < 4.78 is 11.2. The maximum Gasteiger partial charge on any atom is 0.163 e. The van der Waals surface area contributed by atoms with Crippen LogP contribution in [0.25, 0.3) is 0 Å². The van der Waals surface area contributed by atoms with E-state index in [1.165, 1.54) is 0 Å². The molecule has 1 saturated heterocycles. The molecule has 1 aliphatic heterocycles. The molecule has 1 N–H and O–H groups in total. The van der Waals surface area contributed by atoms with Gasteiger partial charge in [0.15, 0.2) is 5.79 Å². The third kappa shape index (κ3) is 3.08. The van der Waals surface area contributed by atoms with Crippen LogP contribution >= 0.6 is 0 Å². The highest BCUT2D eigenvalue weighted by atomic mass is 16.8. The molecule has 82 valence electrons. The zero-order valence-electron chi connectivity index (χ0n) is 9.19. The fraction of sp³-hybridized carbons (Fsp3) is 0.818. The van der Waals surface area contributed by atoms with E-state index < -0.39 is 5.79 Å². The largest absolute Gasteiger partial charge is 0.394 e. The van der Waals surface area contributed by atoms with Gasteiger partial charge in [-0.1, -0.05) is 19.1 Å². The molecule has 1 fully saturated rings. The molecule has 1 aliphatic rings. The molecular formula is C11H20O3. The Morgan fingerprint density at radius 1 is 1.21 bits per heavy atom. The predicted molar refractivity (Wildman–Crippen MR) is 55.0 cm³/mol. The SMILES string of the molecule is CC/C=C/C[C@@H]1OC(C)(C)O[C@@H]1CO. The van der Waals surface area contributed by atoms with Crippen LogP contribution in [-0.4, -0.2) is 29.7 Å². The van der Waals surface area contributed by atoms with Crippen molar-refractivity contribution < 1.29 is 14.6 Å². The van der Waals surface area contributed by atoms with E-state index in [0.29, 0.717) is 0 Å². The fourth-order valence-electron chi connectivity index (χ4n) is 1.66. The van der Waals surface area contributed by atoms with Gasteiger partial charge in [0.2, 0.25) is 0 Å². The molecule has 0 radical (unpaired) electrons. The molecule has 1 rings (SSSR count). The molecule has 14 heavy (non-hydrogen) atoms. The van der Waals surface area contributed by atoms with Crippen LogP contribution in [0, 0.1) is 0 Å². The number of hydrogen-bond acceptors (Lipinski definition) is 3. The average molecular weight is 200 g/mol. The maximum atomic E-state index is 9.10. The second-order valence-corrected chi connectivity index (χ2v) is 4.01. The predicted octanol–water partition coefficient (Wildman–Crippen LogP) is 1.86. The smallest absolute Gasteiger partial charge is 0.163 e. The zero-order valence-corrected chi connectivity index (χ0v) is 9.19. The van der Waals surface area contributed by atoms with E-state index in [0.717, 1.165) is 12.8 Å². The van der Waals surface area contributed by atoms with Crippen LogP contribution in [-0.2, 0) is 9.47 Å². The van der Waals surface area contributed by atoms with Crippen molar-refractivity contribution >= 4 is 0 Å². The summed E-state index contributed by atoms with van der Waals surface area (Å²) in [6.07, 6.45) is 5.81. The first-order valence-electron chi connectivity index (χ1n) is 5.20. The van der Waals surface area contributed by atoms with E-state index in [1.807, 2.05) is 13.8 Å². The molecule has 0 saturated carbocycles.